The van der Waals surface area contributed by atoms with Crippen molar-refractivity contribution in [1.29, 1.82) is 0 Å². The number of halogens is 2. The summed E-state index contributed by atoms with van der Waals surface area (Å²) in [5.74, 6) is -1.48. The molecule has 3 rings (SSSR count). The number of aromatic nitrogens is 1. The quantitative estimate of drug-likeness (QED) is 0.487. The second-order valence-corrected chi connectivity index (χ2v) is 8.67. The van der Waals surface area contributed by atoms with Crippen molar-refractivity contribution < 1.29 is 22.7 Å². The molecule has 31 heavy (non-hydrogen) atoms. The van der Waals surface area contributed by atoms with Gasteiger partial charge in [0.15, 0.2) is 0 Å². The molecular formula is C21H23ClFN3O4S. The Bertz CT molecular complexity index is 1270. The van der Waals surface area contributed by atoms with Crippen molar-refractivity contribution >= 4 is 45.0 Å². The number of nitrogens with one attached hydrogen (secondary N) is 1. The predicted octanol–water partition coefficient (Wildman–Crippen LogP) is 3.92. The molecule has 0 saturated heterocycles. The number of hydrogen-bond donors (Lipinski definition) is 3. The SMILES string of the molecule is Cc1c(-c2cccc(NS(C)(=O)=O)c2)c2cc(C(=O)O)ccc2n1C/C(F)=C/CN.Cl. The van der Waals surface area contributed by atoms with Crippen LogP contribution in [0.1, 0.15) is 16.1 Å². The van der Waals surface area contributed by atoms with E-state index in [1.165, 1.54) is 18.2 Å². The highest BCUT2D eigenvalue weighted by atomic mass is 35.5. The number of allylic oxidation sites excluding steroid dienone is 1. The van der Waals surface area contributed by atoms with Crippen LogP contribution in [0.25, 0.3) is 22.0 Å². The number of nitrogens with two attached hydrogens (primary N) is 1. The Morgan fingerprint density at radius 2 is 1.97 bits per heavy atom. The summed E-state index contributed by atoms with van der Waals surface area (Å²) in [5, 5.41) is 10.0. The summed E-state index contributed by atoms with van der Waals surface area (Å²) in [4.78, 5) is 11.5. The zero-order valence-corrected chi connectivity index (χ0v) is 18.6. The second kappa shape index (κ2) is 9.51. The molecule has 1 aromatic heterocycles. The van der Waals surface area contributed by atoms with E-state index in [0.29, 0.717) is 33.4 Å². The van der Waals surface area contributed by atoms with Crippen molar-refractivity contribution in [2.75, 3.05) is 17.5 Å². The number of nitrogens with zero attached hydrogens (tertiary/aromatic N) is 1. The Morgan fingerprint density at radius 3 is 2.58 bits per heavy atom. The van der Waals surface area contributed by atoms with E-state index in [4.69, 9.17) is 5.73 Å². The van der Waals surface area contributed by atoms with Crippen LogP contribution in [-0.4, -0.2) is 36.9 Å². The Balaban J connectivity index is 0.00000341. The van der Waals surface area contributed by atoms with Gasteiger partial charge in [0.2, 0.25) is 10.0 Å². The smallest absolute Gasteiger partial charge is 0.335 e. The maximum atomic E-state index is 14.3. The second-order valence-electron chi connectivity index (χ2n) is 6.93. The van der Waals surface area contributed by atoms with E-state index in [1.807, 2.05) is 6.92 Å². The van der Waals surface area contributed by atoms with Gasteiger partial charge in [0.1, 0.15) is 5.83 Å². The number of carbonyl (C=O) groups is 1. The number of anilines is 1. The van der Waals surface area contributed by atoms with Gasteiger partial charge in [-0.15, -0.1) is 12.4 Å². The summed E-state index contributed by atoms with van der Waals surface area (Å²) in [6, 6.07) is 11.4. The number of carboxylic acid groups (broad SMARTS) is 1. The molecule has 0 unspecified atom stereocenters. The minimum absolute atomic E-state index is 0. The lowest BCUT2D eigenvalue weighted by atomic mass is 10.0. The van der Waals surface area contributed by atoms with Crippen LogP contribution < -0.4 is 10.5 Å². The summed E-state index contributed by atoms with van der Waals surface area (Å²) in [6.45, 7) is 1.83. The molecule has 2 aromatic carbocycles. The minimum atomic E-state index is -3.47. The highest BCUT2D eigenvalue weighted by molar-refractivity contribution is 7.92. The zero-order valence-electron chi connectivity index (χ0n) is 16.9. The van der Waals surface area contributed by atoms with Crippen LogP contribution in [0.4, 0.5) is 10.1 Å². The van der Waals surface area contributed by atoms with E-state index in [1.54, 1.807) is 34.9 Å². The van der Waals surface area contributed by atoms with Crippen molar-refractivity contribution in [2.24, 2.45) is 5.73 Å². The maximum Gasteiger partial charge on any atom is 0.335 e. The van der Waals surface area contributed by atoms with Crippen LogP contribution >= 0.6 is 12.4 Å². The molecule has 7 nitrogen and oxygen atoms in total. The lowest BCUT2D eigenvalue weighted by molar-refractivity contribution is 0.0697. The molecular weight excluding hydrogens is 445 g/mol. The molecule has 0 aliphatic carbocycles. The summed E-state index contributed by atoms with van der Waals surface area (Å²) < 4.78 is 41.6. The van der Waals surface area contributed by atoms with Gasteiger partial charge in [0.05, 0.1) is 18.4 Å². The largest absolute Gasteiger partial charge is 0.478 e. The summed E-state index contributed by atoms with van der Waals surface area (Å²) >= 11 is 0. The van der Waals surface area contributed by atoms with Gasteiger partial charge < -0.3 is 15.4 Å². The van der Waals surface area contributed by atoms with E-state index >= 15 is 0 Å². The fraction of sp³-hybridized carbons (Fsp3) is 0.190. The molecule has 0 atom stereocenters. The van der Waals surface area contributed by atoms with E-state index in [2.05, 4.69) is 4.72 Å². The third-order valence-electron chi connectivity index (χ3n) is 4.67. The normalized spacial score (nSPS) is 11.9. The van der Waals surface area contributed by atoms with Crippen LogP contribution in [0.15, 0.2) is 54.4 Å². The third-order valence-corrected chi connectivity index (χ3v) is 5.28. The lowest BCUT2D eigenvalue weighted by Gasteiger charge is -2.09. The highest BCUT2D eigenvalue weighted by Gasteiger charge is 2.19. The number of rotatable bonds is 7. The first-order valence-electron chi connectivity index (χ1n) is 9.09. The molecule has 0 spiro atoms. The van der Waals surface area contributed by atoms with E-state index in [0.717, 1.165) is 6.26 Å². The predicted molar refractivity (Wildman–Crippen MR) is 123 cm³/mol. The first kappa shape index (κ1) is 24.4. The monoisotopic (exact) mass is 467 g/mol. The topological polar surface area (TPSA) is 114 Å². The van der Waals surface area contributed by atoms with Gasteiger partial charge in [0, 0.05) is 34.4 Å². The van der Waals surface area contributed by atoms with Gasteiger partial charge in [0.25, 0.3) is 0 Å². The van der Waals surface area contributed by atoms with Crippen molar-refractivity contribution in [3.05, 3.63) is 65.6 Å². The fourth-order valence-electron chi connectivity index (χ4n) is 3.48. The zero-order chi connectivity index (χ0) is 22.1. The summed E-state index contributed by atoms with van der Waals surface area (Å²) in [6.07, 6.45) is 2.34. The number of sulfonamides is 1. The first-order valence-corrected chi connectivity index (χ1v) is 11.0. The Morgan fingerprint density at radius 1 is 1.26 bits per heavy atom. The molecule has 3 aromatic rings. The molecule has 0 aliphatic rings. The number of carboxylic acids is 1. The van der Waals surface area contributed by atoms with Gasteiger partial charge in [-0.25, -0.2) is 17.6 Å². The third kappa shape index (κ3) is 5.43. The molecule has 1 heterocycles. The summed E-state index contributed by atoms with van der Waals surface area (Å²) in [5.41, 5.74) is 8.63. The van der Waals surface area contributed by atoms with Gasteiger partial charge in [-0.3, -0.25) is 4.72 Å². The number of benzene rings is 2. The van der Waals surface area contributed by atoms with E-state index < -0.39 is 21.8 Å². The van der Waals surface area contributed by atoms with Crippen molar-refractivity contribution in [1.82, 2.24) is 4.57 Å². The maximum absolute atomic E-state index is 14.3. The van der Waals surface area contributed by atoms with E-state index in [9.17, 15) is 22.7 Å². The van der Waals surface area contributed by atoms with Crippen molar-refractivity contribution in [3.8, 4) is 11.1 Å². The lowest BCUT2D eigenvalue weighted by Crippen LogP contribution is -2.09. The number of hydrogen-bond acceptors (Lipinski definition) is 4. The van der Waals surface area contributed by atoms with Crippen LogP contribution in [0.2, 0.25) is 0 Å². The number of aromatic carboxylic acids is 1. The van der Waals surface area contributed by atoms with Crippen molar-refractivity contribution in [2.45, 2.75) is 13.5 Å². The van der Waals surface area contributed by atoms with Crippen LogP contribution in [-0.2, 0) is 16.6 Å². The molecule has 0 saturated carbocycles. The molecule has 0 radical (unpaired) electrons. The summed E-state index contributed by atoms with van der Waals surface area (Å²) in [7, 11) is -3.47. The highest BCUT2D eigenvalue weighted by Crippen LogP contribution is 2.37. The van der Waals surface area contributed by atoms with Crippen LogP contribution in [0, 0.1) is 6.92 Å². The minimum Gasteiger partial charge on any atom is -0.478 e. The average molecular weight is 468 g/mol. The van der Waals surface area contributed by atoms with Gasteiger partial charge in [-0.05, 0) is 48.9 Å². The van der Waals surface area contributed by atoms with Gasteiger partial charge in [-0.2, -0.15) is 0 Å². The van der Waals surface area contributed by atoms with E-state index in [-0.39, 0.29) is 31.1 Å². The Hall–Kier alpha value is -2.88. The van der Waals surface area contributed by atoms with Crippen molar-refractivity contribution in [3.63, 3.8) is 0 Å². The molecule has 0 amide bonds. The van der Waals surface area contributed by atoms with Gasteiger partial charge in [-0.1, -0.05) is 12.1 Å². The molecule has 0 fully saturated rings. The van der Waals surface area contributed by atoms with Crippen LogP contribution in [0.5, 0.6) is 0 Å². The average Bonchev–Trinajstić information content (AvgIpc) is 2.91. The Kier molecular flexibility index (Phi) is 7.48. The molecule has 4 N–H and O–H groups in total. The molecule has 0 aliphatic heterocycles. The Labute approximate surface area is 185 Å². The fourth-order valence-corrected chi connectivity index (χ4v) is 4.03. The first-order chi connectivity index (χ1) is 14.1. The standard InChI is InChI=1S/C21H22FN3O4S.ClH/c1-13-20(14-4-3-5-17(10-14)24-30(2,28)29)18-11-15(21(26)27)6-7-19(18)25(13)12-16(22)8-9-23;/h3-8,10-11,24H,9,12,23H2,1-2H3,(H,26,27);1H/b16-8-;. The number of fused-ring (bicyclic) bond motifs is 1. The van der Waals surface area contributed by atoms with Crippen LogP contribution in [0.3, 0.4) is 0 Å². The molecule has 166 valence electrons. The molecule has 0 bridgehead atoms. The molecule has 10 heteroatoms. The van der Waals surface area contributed by atoms with Gasteiger partial charge >= 0.3 is 5.97 Å².